The van der Waals surface area contributed by atoms with Crippen LogP contribution in [-0.4, -0.2) is 43.8 Å². The second-order valence-electron chi connectivity index (χ2n) is 4.70. The number of nitrogens with one attached hydrogen (secondary N) is 1. The Kier molecular flexibility index (Phi) is 5.64. The zero-order valence-electron chi connectivity index (χ0n) is 11.0. The summed E-state index contributed by atoms with van der Waals surface area (Å²) in [6.45, 7) is 6.76. The van der Waals surface area contributed by atoms with Crippen molar-refractivity contribution in [3.8, 4) is 0 Å². The summed E-state index contributed by atoms with van der Waals surface area (Å²) < 4.78 is 38.9. The maximum Gasteiger partial charge on any atom is 0.416 e. The van der Waals surface area contributed by atoms with Crippen LogP contribution in [0, 0.1) is 0 Å². The van der Waals surface area contributed by atoms with Crippen LogP contribution in [0.1, 0.15) is 6.92 Å². The van der Waals surface area contributed by atoms with Crippen LogP contribution in [0.15, 0.2) is 34.9 Å². The van der Waals surface area contributed by atoms with Crippen molar-refractivity contribution in [2.75, 3.05) is 26.7 Å². The van der Waals surface area contributed by atoms with Gasteiger partial charge in [-0.2, -0.15) is 13.2 Å². The van der Waals surface area contributed by atoms with Crippen LogP contribution in [0.3, 0.4) is 0 Å². The molecule has 0 aromatic rings. The number of nitrogens with zero attached hydrogens (tertiary/aromatic N) is 1. The van der Waals surface area contributed by atoms with Gasteiger partial charge in [0.15, 0.2) is 0 Å². The number of allylic oxidation sites excluding steroid dienone is 4. The van der Waals surface area contributed by atoms with Crippen LogP contribution in [0.2, 0.25) is 0 Å². The highest BCUT2D eigenvalue weighted by Gasteiger charge is 2.34. The molecule has 0 aliphatic carbocycles. The van der Waals surface area contributed by atoms with Gasteiger partial charge in [-0.25, -0.2) is 0 Å². The molecule has 0 spiro atoms. The highest BCUT2D eigenvalue weighted by atomic mass is 35.5. The van der Waals surface area contributed by atoms with Crippen molar-refractivity contribution in [2.45, 2.75) is 19.1 Å². The van der Waals surface area contributed by atoms with Gasteiger partial charge >= 0.3 is 6.18 Å². The number of alkyl halides is 3. The zero-order chi connectivity index (χ0) is 14.6. The highest BCUT2D eigenvalue weighted by molar-refractivity contribution is 6.30. The number of hydrogen-bond acceptors (Lipinski definition) is 2. The van der Waals surface area contributed by atoms with Crippen LogP contribution in [-0.2, 0) is 0 Å². The number of halogens is 4. The van der Waals surface area contributed by atoms with Crippen LogP contribution in [0.5, 0.6) is 0 Å². The summed E-state index contributed by atoms with van der Waals surface area (Å²) in [4.78, 5) is 1.92. The summed E-state index contributed by atoms with van der Waals surface area (Å²) in [5, 5.41) is 3.17. The Morgan fingerprint density at radius 2 is 2.00 bits per heavy atom. The average Bonchev–Trinajstić information content (AvgIpc) is 2.11. The first-order valence-electron chi connectivity index (χ1n) is 5.92. The van der Waals surface area contributed by atoms with Gasteiger partial charge < -0.3 is 5.32 Å². The maximum absolute atomic E-state index is 13.0. The summed E-state index contributed by atoms with van der Waals surface area (Å²) in [6.07, 6.45) is -2.23. The van der Waals surface area contributed by atoms with Gasteiger partial charge in [-0.1, -0.05) is 18.2 Å². The molecule has 0 amide bonds. The van der Waals surface area contributed by atoms with Crippen LogP contribution in [0.4, 0.5) is 13.2 Å². The molecule has 2 nitrogen and oxygen atoms in total. The topological polar surface area (TPSA) is 15.3 Å². The first-order chi connectivity index (χ1) is 8.71. The Morgan fingerprint density at radius 3 is 2.37 bits per heavy atom. The lowest BCUT2D eigenvalue weighted by atomic mass is 10.1. The molecule has 1 aliphatic rings. The van der Waals surface area contributed by atoms with Gasteiger partial charge in [0.1, 0.15) is 0 Å². The molecule has 0 aromatic heterocycles. The summed E-state index contributed by atoms with van der Waals surface area (Å²) in [5.74, 6) is 0. The Bertz CT molecular complexity index is 395. The third-order valence-corrected chi connectivity index (χ3v) is 3.19. The van der Waals surface area contributed by atoms with E-state index in [0.717, 1.165) is 19.2 Å². The smallest absolute Gasteiger partial charge is 0.314 e. The molecule has 1 saturated heterocycles. The Hall–Kier alpha value is -0.780. The second kappa shape index (κ2) is 6.59. The number of likely N-dealkylation sites (N-methyl/N-ethyl adjacent to an activating group) is 1. The average molecular weight is 295 g/mol. The molecule has 1 fully saturated rings. The lowest BCUT2D eigenvalue weighted by Gasteiger charge is -2.36. The van der Waals surface area contributed by atoms with Gasteiger partial charge in [0.2, 0.25) is 0 Å². The summed E-state index contributed by atoms with van der Waals surface area (Å²) in [6, 6.07) is 0.302. The number of rotatable bonds is 5. The molecule has 19 heavy (non-hydrogen) atoms. The molecule has 108 valence electrons. The van der Waals surface area contributed by atoms with Gasteiger partial charge in [-0.3, -0.25) is 4.90 Å². The molecule has 0 bridgehead atoms. The Labute approximate surface area is 116 Å². The van der Waals surface area contributed by atoms with E-state index >= 15 is 0 Å². The molecule has 0 saturated carbocycles. The minimum atomic E-state index is -4.38. The highest BCUT2D eigenvalue weighted by Crippen LogP contribution is 2.30. The van der Waals surface area contributed by atoms with Gasteiger partial charge in [-0.05, 0) is 31.7 Å². The molecule has 0 aromatic carbocycles. The van der Waals surface area contributed by atoms with Crippen molar-refractivity contribution in [3.05, 3.63) is 34.9 Å². The van der Waals surface area contributed by atoms with Crippen molar-refractivity contribution in [1.29, 1.82) is 0 Å². The molecule has 1 aliphatic heterocycles. The third-order valence-electron chi connectivity index (χ3n) is 3.07. The lowest BCUT2D eigenvalue weighted by Crippen LogP contribution is -2.56. The Morgan fingerprint density at radius 1 is 1.42 bits per heavy atom. The van der Waals surface area contributed by atoms with E-state index in [1.165, 1.54) is 13.0 Å². The van der Waals surface area contributed by atoms with Crippen LogP contribution >= 0.6 is 11.6 Å². The van der Waals surface area contributed by atoms with E-state index in [-0.39, 0.29) is 17.2 Å². The van der Waals surface area contributed by atoms with Crippen LogP contribution < -0.4 is 5.32 Å². The van der Waals surface area contributed by atoms with Crippen LogP contribution in [0.25, 0.3) is 0 Å². The van der Waals surface area contributed by atoms with Gasteiger partial charge in [0.05, 0.1) is 5.57 Å². The van der Waals surface area contributed by atoms with E-state index in [1.807, 2.05) is 11.9 Å². The molecule has 1 heterocycles. The molecule has 0 unspecified atom stereocenters. The third kappa shape index (κ3) is 5.01. The van der Waals surface area contributed by atoms with Gasteiger partial charge in [0.25, 0.3) is 0 Å². The summed E-state index contributed by atoms with van der Waals surface area (Å²) in [5.41, 5.74) is -0.385. The molecule has 6 heteroatoms. The fourth-order valence-electron chi connectivity index (χ4n) is 1.83. The molecule has 0 atom stereocenters. The van der Waals surface area contributed by atoms with Crippen molar-refractivity contribution in [3.63, 3.8) is 0 Å². The van der Waals surface area contributed by atoms with Crippen molar-refractivity contribution in [1.82, 2.24) is 10.2 Å². The van der Waals surface area contributed by atoms with Gasteiger partial charge in [0, 0.05) is 30.7 Å². The first kappa shape index (κ1) is 16.3. The van der Waals surface area contributed by atoms with E-state index in [4.69, 9.17) is 11.6 Å². The molecule has 0 radical (unpaired) electrons. The van der Waals surface area contributed by atoms with E-state index < -0.39 is 11.7 Å². The zero-order valence-corrected chi connectivity index (χ0v) is 11.8. The molecular weight excluding hydrogens is 277 g/mol. The van der Waals surface area contributed by atoms with E-state index in [0.29, 0.717) is 6.04 Å². The van der Waals surface area contributed by atoms with Crippen molar-refractivity contribution < 1.29 is 13.2 Å². The fraction of sp³-hybridized carbons (Fsp3) is 0.538. The van der Waals surface area contributed by atoms with E-state index in [9.17, 15) is 13.2 Å². The molecular formula is C13H18ClF3N2. The Balaban J connectivity index is 2.85. The number of hydrogen-bond donors (Lipinski definition) is 1. The predicted octanol–water partition coefficient (Wildman–Crippen LogP) is 3.08. The monoisotopic (exact) mass is 294 g/mol. The quantitative estimate of drug-likeness (QED) is 0.784. The molecule has 1 rings (SSSR count). The minimum Gasteiger partial charge on any atom is -0.314 e. The van der Waals surface area contributed by atoms with E-state index in [2.05, 4.69) is 11.9 Å². The fourth-order valence-corrected chi connectivity index (χ4v) is 1.89. The van der Waals surface area contributed by atoms with Crippen molar-refractivity contribution in [2.24, 2.45) is 0 Å². The standard InChI is InChI=1S/C13H18ClF3N2/c1-9(8-19(3)11-6-18-7-11)12(13(15,16)17)5-4-10(2)14/h4-5,11,18H,2,6-8H2,1,3H3/b5-4-,12-9-. The summed E-state index contributed by atoms with van der Waals surface area (Å²) >= 11 is 5.47. The lowest BCUT2D eigenvalue weighted by molar-refractivity contribution is -0.0892. The minimum absolute atomic E-state index is 0.0751. The first-order valence-corrected chi connectivity index (χ1v) is 6.30. The summed E-state index contributed by atoms with van der Waals surface area (Å²) in [7, 11) is 1.83. The predicted molar refractivity (Wildman–Crippen MR) is 72.2 cm³/mol. The maximum atomic E-state index is 13.0. The normalized spacial score (nSPS) is 18.7. The second-order valence-corrected chi connectivity index (χ2v) is 5.18. The molecule has 1 N–H and O–H groups in total. The van der Waals surface area contributed by atoms with Crippen molar-refractivity contribution >= 4 is 11.6 Å². The van der Waals surface area contributed by atoms with E-state index in [1.54, 1.807) is 0 Å². The SMILES string of the molecule is C=C(Cl)/C=C\C(=C(/C)CN(C)C1CNC1)C(F)(F)F. The largest absolute Gasteiger partial charge is 0.416 e. The van der Waals surface area contributed by atoms with Gasteiger partial charge in [-0.15, -0.1) is 0 Å².